The molecule has 0 radical (unpaired) electrons. The zero-order chi connectivity index (χ0) is 17.2. The lowest BCUT2D eigenvalue weighted by molar-refractivity contribution is -0.157. The van der Waals surface area contributed by atoms with E-state index in [1.165, 1.54) is 5.06 Å². The van der Waals surface area contributed by atoms with Crippen molar-refractivity contribution in [3.8, 4) is 0 Å². The summed E-state index contributed by atoms with van der Waals surface area (Å²) in [6.07, 6.45) is 2.45. The lowest BCUT2D eigenvalue weighted by atomic mass is 9.91. The molecule has 1 atom stereocenters. The molecule has 1 aromatic carbocycles. The van der Waals surface area contributed by atoms with Gasteiger partial charge in [-0.3, -0.25) is 4.84 Å². The molecule has 1 heterocycles. The van der Waals surface area contributed by atoms with E-state index in [0.29, 0.717) is 23.2 Å². The molecule has 2 amide bonds. The van der Waals surface area contributed by atoms with Crippen LogP contribution in [0, 0.1) is 0 Å². The van der Waals surface area contributed by atoms with E-state index in [9.17, 15) is 4.79 Å². The Morgan fingerprint density at radius 2 is 1.96 bits per heavy atom. The highest BCUT2D eigenvalue weighted by molar-refractivity contribution is 6.34. The van der Waals surface area contributed by atoms with Gasteiger partial charge in [0, 0.05) is 16.6 Å². The van der Waals surface area contributed by atoms with Crippen LogP contribution < -0.4 is 0 Å². The molecular weight excluding hydrogens is 335 g/mol. The van der Waals surface area contributed by atoms with Gasteiger partial charge in [0.05, 0.1) is 18.2 Å². The van der Waals surface area contributed by atoms with Crippen molar-refractivity contribution in [3.05, 3.63) is 46.5 Å². The third-order valence-corrected chi connectivity index (χ3v) is 4.60. The van der Waals surface area contributed by atoms with E-state index in [2.05, 4.69) is 6.58 Å². The van der Waals surface area contributed by atoms with Crippen LogP contribution in [0.15, 0.2) is 30.9 Å². The average Bonchev–Trinajstić information content (AvgIpc) is 2.45. The third-order valence-electron chi connectivity index (χ3n) is 4.17. The fourth-order valence-electron chi connectivity index (χ4n) is 2.73. The smallest absolute Gasteiger partial charge is 0.314 e. The molecule has 1 aliphatic heterocycles. The number of halogens is 2. The minimum atomic E-state index is -0.554. The number of hydrogen-bond donors (Lipinski definition) is 0. The molecule has 0 saturated carbocycles. The van der Waals surface area contributed by atoms with Gasteiger partial charge in [0.25, 0.3) is 0 Å². The van der Waals surface area contributed by atoms with Crippen molar-refractivity contribution in [1.29, 1.82) is 0 Å². The van der Waals surface area contributed by atoms with Gasteiger partial charge >= 0.3 is 6.03 Å². The standard InChI is InChI=1S/C17H22Cl2N2O2/c1-5-8-23-21-12(2)6-7-20(16(21)22)17(3,4)13-9-14(18)11-15(19)10-13/h5,9-12H,1,6-8H2,2-4H3. The van der Waals surface area contributed by atoms with Gasteiger partial charge in [-0.05, 0) is 51.0 Å². The molecular formula is C17H22Cl2N2O2. The summed E-state index contributed by atoms with van der Waals surface area (Å²) in [6.45, 7) is 10.5. The SMILES string of the molecule is C=CCON1C(=O)N(C(C)(C)c2cc(Cl)cc(Cl)c2)CCC1C. The Kier molecular flexibility index (Phi) is 5.61. The number of carbonyl (C=O) groups is 1. The predicted octanol–water partition coefficient (Wildman–Crippen LogP) is 4.86. The number of amides is 2. The topological polar surface area (TPSA) is 32.8 Å². The molecule has 2 rings (SSSR count). The van der Waals surface area contributed by atoms with Crippen LogP contribution in [-0.2, 0) is 10.4 Å². The van der Waals surface area contributed by atoms with Crippen LogP contribution in [0.1, 0.15) is 32.8 Å². The van der Waals surface area contributed by atoms with Crippen LogP contribution in [-0.4, -0.2) is 35.2 Å². The zero-order valence-electron chi connectivity index (χ0n) is 13.7. The second-order valence-corrected chi connectivity index (χ2v) is 7.07. The quantitative estimate of drug-likeness (QED) is 0.705. The molecule has 0 bridgehead atoms. The fraction of sp³-hybridized carbons (Fsp3) is 0.471. The van der Waals surface area contributed by atoms with E-state index in [1.807, 2.05) is 32.9 Å². The maximum atomic E-state index is 12.9. The van der Waals surface area contributed by atoms with Crippen LogP contribution in [0.25, 0.3) is 0 Å². The van der Waals surface area contributed by atoms with Crippen molar-refractivity contribution in [1.82, 2.24) is 9.96 Å². The largest absolute Gasteiger partial charge is 0.344 e. The van der Waals surface area contributed by atoms with E-state index in [4.69, 9.17) is 28.0 Å². The molecule has 0 aliphatic carbocycles. The number of nitrogens with zero attached hydrogens (tertiary/aromatic N) is 2. The second-order valence-electron chi connectivity index (χ2n) is 6.20. The number of hydroxylamine groups is 2. The van der Waals surface area contributed by atoms with Crippen molar-refractivity contribution in [2.45, 2.75) is 38.8 Å². The number of rotatable bonds is 5. The molecule has 1 fully saturated rings. The van der Waals surface area contributed by atoms with Gasteiger partial charge in [0.1, 0.15) is 0 Å². The van der Waals surface area contributed by atoms with Gasteiger partial charge in [0.2, 0.25) is 0 Å². The highest BCUT2D eigenvalue weighted by Gasteiger charge is 2.40. The maximum Gasteiger partial charge on any atom is 0.344 e. The van der Waals surface area contributed by atoms with Gasteiger partial charge in [-0.2, -0.15) is 5.06 Å². The van der Waals surface area contributed by atoms with E-state index in [-0.39, 0.29) is 12.1 Å². The van der Waals surface area contributed by atoms with E-state index in [0.717, 1.165) is 12.0 Å². The summed E-state index contributed by atoms with van der Waals surface area (Å²) in [5, 5.41) is 2.54. The molecule has 1 aliphatic rings. The van der Waals surface area contributed by atoms with Crippen molar-refractivity contribution in [3.63, 3.8) is 0 Å². The zero-order valence-corrected chi connectivity index (χ0v) is 15.2. The van der Waals surface area contributed by atoms with E-state index in [1.54, 1.807) is 17.0 Å². The molecule has 1 aromatic rings. The molecule has 6 heteroatoms. The maximum absolute atomic E-state index is 12.9. The highest BCUT2D eigenvalue weighted by Crippen LogP contribution is 2.35. The summed E-state index contributed by atoms with van der Waals surface area (Å²) >= 11 is 12.2. The molecule has 126 valence electrons. The monoisotopic (exact) mass is 356 g/mol. The number of hydrogen-bond acceptors (Lipinski definition) is 2. The Morgan fingerprint density at radius 1 is 1.35 bits per heavy atom. The summed E-state index contributed by atoms with van der Waals surface area (Å²) in [5.74, 6) is 0. The molecule has 0 aromatic heterocycles. The Labute approximate surface area is 147 Å². The summed E-state index contributed by atoms with van der Waals surface area (Å²) < 4.78 is 0. The first-order chi connectivity index (χ1) is 10.8. The predicted molar refractivity (Wildman–Crippen MR) is 93.7 cm³/mol. The summed E-state index contributed by atoms with van der Waals surface area (Å²) in [4.78, 5) is 20.2. The van der Waals surface area contributed by atoms with E-state index >= 15 is 0 Å². The molecule has 1 saturated heterocycles. The Morgan fingerprint density at radius 3 is 2.52 bits per heavy atom. The van der Waals surface area contributed by atoms with Gasteiger partial charge in [-0.25, -0.2) is 4.79 Å². The summed E-state index contributed by atoms with van der Waals surface area (Å²) in [5.41, 5.74) is 0.336. The fourth-order valence-corrected chi connectivity index (χ4v) is 3.26. The summed E-state index contributed by atoms with van der Waals surface area (Å²) in [6, 6.07) is 5.23. The first kappa shape index (κ1) is 18.1. The second kappa shape index (κ2) is 7.12. The van der Waals surface area contributed by atoms with Gasteiger partial charge < -0.3 is 4.90 Å². The van der Waals surface area contributed by atoms with Gasteiger partial charge in [-0.1, -0.05) is 29.3 Å². The molecule has 4 nitrogen and oxygen atoms in total. The van der Waals surface area contributed by atoms with Crippen molar-refractivity contribution < 1.29 is 9.63 Å². The number of benzene rings is 1. The lowest BCUT2D eigenvalue weighted by Crippen LogP contribution is -2.58. The normalized spacial score (nSPS) is 19.2. The molecule has 0 spiro atoms. The van der Waals surface area contributed by atoms with Crippen molar-refractivity contribution in [2.75, 3.05) is 13.2 Å². The summed E-state index contributed by atoms with van der Waals surface area (Å²) in [7, 11) is 0. The minimum Gasteiger partial charge on any atom is -0.314 e. The molecule has 1 unspecified atom stereocenters. The van der Waals surface area contributed by atoms with Crippen LogP contribution >= 0.6 is 23.2 Å². The van der Waals surface area contributed by atoms with Crippen LogP contribution in [0.4, 0.5) is 4.79 Å². The highest BCUT2D eigenvalue weighted by atomic mass is 35.5. The van der Waals surface area contributed by atoms with Crippen LogP contribution in [0.2, 0.25) is 10.0 Å². The Hall–Kier alpha value is -1.23. The average molecular weight is 357 g/mol. The van der Waals surface area contributed by atoms with Crippen LogP contribution in [0.3, 0.4) is 0 Å². The van der Waals surface area contributed by atoms with Gasteiger partial charge in [0.15, 0.2) is 0 Å². The first-order valence-electron chi connectivity index (χ1n) is 7.58. The minimum absolute atomic E-state index is 0.0254. The van der Waals surface area contributed by atoms with E-state index < -0.39 is 5.54 Å². The molecule has 0 N–H and O–H groups in total. The molecule has 23 heavy (non-hydrogen) atoms. The first-order valence-corrected chi connectivity index (χ1v) is 8.34. The number of carbonyl (C=O) groups excluding carboxylic acids is 1. The van der Waals surface area contributed by atoms with Crippen molar-refractivity contribution >= 4 is 29.2 Å². The van der Waals surface area contributed by atoms with Gasteiger partial charge in [-0.15, -0.1) is 6.58 Å². The third kappa shape index (κ3) is 3.82. The van der Waals surface area contributed by atoms with Crippen LogP contribution in [0.5, 0.6) is 0 Å². The van der Waals surface area contributed by atoms with Crippen molar-refractivity contribution in [2.24, 2.45) is 0 Å². The Bertz CT molecular complexity index is 584. The Balaban J connectivity index is 2.30. The lowest BCUT2D eigenvalue weighted by Gasteiger charge is -2.46. The number of urea groups is 1.